The van der Waals surface area contributed by atoms with Gasteiger partial charge in [-0.3, -0.25) is 4.98 Å². The van der Waals surface area contributed by atoms with Gasteiger partial charge < -0.3 is 9.64 Å². The Kier molecular flexibility index (Phi) is 5.01. The molecule has 3 nitrogen and oxygen atoms in total. The largest absolute Gasteiger partial charge is 0.496 e. The van der Waals surface area contributed by atoms with Gasteiger partial charge in [0.2, 0.25) is 0 Å². The topological polar surface area (TPSA) is 25.4 Å². The van der Waals surface area contributed by atoms with Crippen LogP contribution in [-0.2, 0) is 18.3 Å². The molecule has 3 heteroatoms. The van der Waals surface area contributed by atoms with Crippen LogP contribution < -0.4 is 9.64 Å². The minimum absolute atomic E-state index is 0.00523. The molecule has 1 aromatic heterocycles. The van der Waals surface area contributed by atoms with E-state index in [1.807, 2.05) is 12.3 Å². The maximum absolute atomic E-state index is 5.75. The van der Waals surface area contributed by atoms with Crippen LogP contribution in [0.25, 0.3) is 0 Å². The van der Waals surface area contributed by atoms with Gasteiger partial charge in [-0.1, -0.05) is 32.9 Å². The lowest BCUT2D eigenvalue weighted by Gasteiger charge is -2.43. The molecule has 0 amide bonds. The van der Waals surface area contributed by atoms with Gasteiger partial charge in [0.15, 0.2) is 0 Å². The fraction of sp³-hybridized carbons (Fsp3) is 0.522. The van der Waals surface area contributed by atoms with E-state index in [1.165, 1.54) is 22.5 Å². The third-order valence-corrected chi connectivity index (χ3v) is 5.46. The summed E-state index contributed by atoms with van der Waals surface area (Å²) in [6.07, 6.45) is 5.08. The van der Waals surface area contributed by atoms with Gasteiger partial charge >= 0.3 is 0 Å². The molecule has 0 N–H and O–H groups in total. The smallest absolute Gasteiger partial charge is 0.122 e. The molecule has 0 bridgehead atoms. The number of aryl methyl sites for hydroxylation is 1. The van der Waals surface area contributed by atoms with Crippen molar-refractivity contribution in [3.8, 4) is 5.75 Å². The summed E-state index contributed by atoms with van der Waals surface area (Å²) in [6, 6.07) is 11.0. The third kappa shape index (κ3) is 3.72. The minimum atomic E-state index is -0.00523. The average molecular weight is 353 g/mol. The summed E-state index contributed by atoms with van der Waals surface area (Å²) in [6.45, 7) is 12.4. The van der Waals surface area contributed by atoms with Crippen LogP contribution in [0.5, 0.6) is 5.75 Å². The molecule has 140 valence electrons. The van der Waals surface area contributed by atoms with Crippen LogP contribution >= 0.6 is 0 Å². The van der Waals surface area contributed by atoms with E-state index in [0.717, 1.165) is 31.6 Å². The molecule has 0 aliphatic carbocycles. The first-order chi connectivity index (χ1) is 12.2. The number of aromatic nitrogens is 1. The first-order valence-electron chi connectivity index (χ1n) is 9.61. The van der Waals surface area contributed by atoms with E-state index in [1.54, 1.807) is 7.11 Å². The minimum Gasteiger partial charge on any atom is -0.496 e. The quantitative estimate of drug-likeness (QED) is 0.760. The molecule has 0 atom stereocenters. The van der Waals surface area contributed by atoms with Crippen LogP contribution in [0.2, 0.25) is 0 Å². The van der Waals surface area contributed by atoms with Crippen molar-refractivity contribution in [3.63, 3.8) is 0 Å². The highest BCUT2D eigenvalue weighted by Crippen LogP contribution is 2.36. The monoisotopic (exact) mass is 352 g/mol. The van der Waals surface area contributed by atoms with Crippen molar-refractivity contribution in [2.45, 2.75) is 64.8 Å². The molecule has 0 saturated carbocycles. The zero-order chi connectivity index (χ0) is 18.9. The van der Waals surface area contributed by atoms with Crippen molar-refractivity contribution < 1.29 is 4.74 Å². The van der Waals surface area contributed by atoms with Crippen LogP contribution in [0.4, 0.5) is 5.69 Å². The van der Waals surface area contributed by atoms with Gasteiger partial charge in [-0.25, -0.2) is 0 Å². The van der Waals surface area contributed by atoms with E-state index in [0.29, 0.717) is 0 Å². The molecule has 2 aromatic rings. The first-order valence-corrected chi connectivity index (χ1v) is 9.61. The highest BCUT2D eigenvalue weighted by atomic mass is 16.5. The third-order valence-electron chi connectivity index (χ3n) is 5.46. The predicted molar refractivity (Wildman–Crippen MR) is 109 cm³/mol. The fourth-order valence-corrected chi connectivity index (χ4v) is 3.94. The van der Waals surface area contributed by atoms with Gasteiger partial charge in [-0.05, 0) is 67.9 Å². The molecule has 26 heavy (non-hydrogen) atoms. The molecule has 1 aromatic carbocycles. The summed E-state index contributed by atoms with van der Waals surface area (Å²) in [5, 5.41) is 0. The Labute approximate surface area is 158 Å². The lowest BCUT2D eigenvalue weighted by atomic mass is 9.84. The average Bonchev–Trinajstić information content (AvgIpc) is 2.60. The molecular formula is C23H32N2O. The SMILES string of the molecule is COc1cc(C(C)(C)C)ccc1CC(C)(C)N1CCCc2ncccc21. The van der Waals surface area contributed by atoms with Gasteiger partial charge in [0.1, 0.15) is 5.75 Å². The van der Waals surface area contributed by atoms with Crippen molar-refractivity contribution in [3.05, 3.63) is 53.3 Å². The number of ether oxygens (including phenoxy) is 1. The number of pyridine rings is 1. The number of hydrogen-bond donors (Lipinski definition) is 0. The first kappa shape index (κ1) is 18.8. The number of hydrogen-bond acceptors (Lipinski definition) is 3. The molecule has 0 fully saturated rings. The Balaban J connectivity index is 1.91. The lowest BCUT2D eigenvalue weighted by Crippen LogP contribution is -2.48. The Morgan fingerprint density at radius 1 is 1.12 bits per heavy atom. The van der Waals surface area contributed by atoms with Gasteiger partial charge in [0.25, 0.3) is 0 Å². The van der Waals surface area contributed by atoms with Gasteiger partial charge in [-0.15, -0.1) is 0 Å². The lowest BCUT2D eigenvalue weighted by molar-refractivity contribution is 0.392. The van der Waals surface area contributed by atoms with Crippen molar-refractivity contribution in [2.24, 2.45) is 0 Å². The van der Waals surface area contributed by atoms with E-state index in [9.17, 15) is 0 Å². The van der Waals surface area contributed by atoms with Crippen LogP contribution in [0.15, 0.2) is 36.5 Å². The van der Waals surface area contributed by atoms with Crippen LogP contribution in [0.1, 0.15) is 57.9 Å². The van der Waals surface area contributed by atoms with Gasteiger partial charge in [0, 0.05) is 18.3 Å². The summed E-state index contributed by atoms with van der Waals surface area (Å²) in [5.41, 5.74) is 5.20. The molecule has 3 rings (SSSR count). The standard InChI is InChI=1S/C23H32N2O/c1-22(2,3)18-12-11-17(21(15-18)26-6)16-23(4,5)25-14-8-9-19-20(25)10-7-13-24-19/h7,10-13,15H,8-9,14,16H2,1-6H3. The predicted octanol–water partition coefficient (Wildman–Crippen LogP) is 5.16. The Morgan fingerprint density at radius 3 is 2.58 bits per heavy atom. The Bertz CT molecular complexity index is 774. The maximum Gasteiger partial charge on any atom is 0.122 e. The van der Waals surface area contributed by atoms with Crippen LogP contribution in [-0.4, -0.2) is 24.2 Å². The summed E-state index contributed by atoms with van der Waals surface area (Å²) < 4.78 is 5.75. The second-order valence-electron chi connectivity index (χ2n) is 8.99. The Hall–Kier alpha value is -2.03. The highest BCUT2D eigenvalue weighted by Gasteiger charge is 2.32. The fourth-order valence-electron chi connectivity index (χ4n) is 3.94. The van der Waals surface area contributed by atoms with Crippen molar-refractivity contribution in [1.82, 2.24) is 4.98 Å². The van der Waals surface area contributed by atoms with Gasteiger partial charge in [-0.2, -0.15) is 0 Å². The van der Waals surface area contributed by atoms with Crippen LogP contribution in [0, 0.1) is 0 Å². The molecule has 0 saturated heterocycles. The molecule has 2 heterocycles. The molecule has 0 unspecified atom stereocenters. The number of anilines is 1. The maximum atomic E-state index is 5.75. The number of nitrogens with zero attached hydrogens (tertiary/aromatic N) is 2. The highest BCUT2D eigenvalue weighted by molar-refractivity contribution is 5.55. The summed E-state index contributed by atoms with van der Waals surface area (Å²) in [7, 11) is 1.78. The Morgan fingerprint density at radius 2 is 1.88 bits per heavy atom. The summed E-state index contributed by atoms with van der Waals surface area (Å²) >= 11 is 0. The zero-order valence-electron chi connectivity index (χ0n) is 17.1. The zero-order valence-corrected chi connectivity index (χ0v) is 17.1. The summed E-state index contributed by atoms with van der Waals surface area (Å²) in [5.74, 6) is 0.994. The van der Waals surface area contributed by atoms with Crippen LogP contribution in [0.3, 0.4) is 0 Å². The molecule has 0 spiro atoms. The number of rotatable bonds is 4. The summed E-state index contributed by atoms with van der Waals surface area (Å²) in [4.78, 5) is 7.12. The van der Waals surface area contributed by atoms with E-state index < -0.39 is 0 Å². The number of methoxy groups -OCH3 is 1. The second kappa shape index (κ2) is 6.94. The molecule has 1 aliphatic rings. The van der Waals surface area contributed by atoms with E-state index in [2.05, 4.69) is 68.8 Å². The normalized spacial score (nSPS) is 14.9. The van der Waals surface area contributed by atoms with E-state index in [-0.39, 0.29) is 11.0 Å². The second-order valence-corrected chi connectivity index (χ2v) is 8.99. The molecule has 0 radical (unpaired) electrons. The number of fused-ring (bicyclic) bond motifs is 1. The van der Waals surface area contributed by atoms with Crippen molar-refractivity contribution in [1.29, 1.82) is 0 Å². The van der Waals surface area contributed by atoms with E-state index in [4.69, 9.17) is 4.74 Å². The van der Waals surface area contributed by atoms with Crippen molar-refractivity contribution in [2.75, 3.05) is 18.6 Å². The number of benzene rings is 1. The van der Waals surface area contributed by atoms with E-state index >= 15 is 0 Å². The molecule has 1 aliphatic heterocycles. The van der Waals surface area contributed by atoms with Crippen molar-refractivity contribution >= 4 is 5.69 Å². The van der Waals surface area contributed by atoms with Gasteiger partial charge in [0.05, 0.1) is 18.5 Å². The molecular weight excluding hydrogens is 320 g/mol.